The lowest BCUT2D eigenvalue weighted by Crippen LogP contribution is -2.18. The average molecular weight is 292 g/mol. The van der Waals surface area contributed by atoms with Crippen molar-refractivity contribution in [1.29, 1.82) is 0 Å². The monoisotopic (exact) mass is 291 g/mol. The molecule has 4 heteroatoms. The van der Waals surface area contributed by atoms with Gasteiger partial charge in [0.2, 0.25) is 0 Å². The first kappa shape index (κ1) is 17.6. The SMILES string of the molecule is CCCc1cc(CC(C)N)cc(Cl)c1OCC.Cl. The van der Waals surface area contributed by atoms with Gasteiger partial charge in [-0.25, -0.2) is 0 Å². The van der Waals surface area contributed by atoms with Crippen molar-refractivity contribution in [2.75, 3.05) is 6.61 Å². The Kier molecular flexibility index (Phi) is 8.41. The second-order valence-electron chi connectivity index (χ2n) is 4.43. The number of ether oxygens (including phenoxy) is 1. The molecular formula is C14H23Cl2NO. The smallest absolute Gasteiger partial charge is 0.141 e. The van der Waals surface area contributed by atoms with Crippen LogP contribution >= 0.6 is 24.0 Å². The molecule has 0 aliphatic carbocycles. The molecule has 1 aromatic rings. The summed E-state index contributed by atoms with van der Waals surface area (Å²) in [6.45, 7) is 6.77. The summed E-state index contributed by atoms with van der Waals surface area (Å²) >= 11 is 6.27. The maximum Gasteiger partial charge on any atom is 0.141 e. The molecule has 0 heterocycles. The lowest BCUT2D eigenvalue weighted by molar-refractivity contribution is 0.336. The van der Waals surface area contributed by atoms with Crippen molar-refractivity contribution in [2.24, 2.45) is 5.73 Å². The minimum Gasteiger partial charge on any atom is -0.492 e. The van der Waals surface area contributed by atoms with Crippen molar-refractivity contribution >= 4 is 24.0 Å². The summed E-state index contributed by atoms with van der Waals surface area (Å²) in [4.78, 5) is 0. The van der Waals surface area contributed by atoms with Crippen LogP contribution in [0.1, 0.15) is 38.3 Å². The predicted molar refractivity (Wildman–Crippen MR) is 81.2 cm³/mol. The van der Waals surface area contributed by atoms with Crippen LogP contribution in [0.15, 0.2) is 12.1 Å². The van der Waals surface area contributed by atoms with Gasteiger partial charge in [0.1, 0.15) is 5.75 Å². The molecule has 1 aromatic carbocycles. The van der Waals surface area contributed by atoms with E-state index in [1.807, 2.05) is 19.9 Å². The first-order valence-corrected chi connectivity index (χ1v) is 6.65. The zero-order valence-electron chi connectivity index (χ0n) is 11.3. The molecule has 0 saturated carbocycles. The van der Waals surface area contributed by atoms with Crippen LogP contribution in [-0.2, 0) is 12.8 Å². The zero-order valence-corrected chi connectivity index (χ0v) is 12.9. The van der Waals surface area contributed by atoms with Crippen LogP contribution in [-0.4, -0.2) is 12.6 Å². The Balaban J connectivity index is 0.00000289. The first-order chi connectivity index (χ1) is 8.08. The molecule has 104 valence electrons. The third-order valence-electron chi connectivity index (χ3n) is 2.55. The van der Waals surface area contributed by atoms with Gasteiger partial charge in [-0.3, -0.25) is 0 Å². The second kappa shape index (κ2) is 8.63. The highest BCUT2D eigenvalue weighted by atomic mass is 35.5. The van der Waals surface area contributed by atoms with Gasteiger partial charge in [-0.15, -0.1) is 12.4 Å². The van der Waals surface area contributed by atoms with Crippen molar-refractivity contribution in [3.63, 3.8) is 0 Å². The lowest BCUT2D eigenvalue weighted by atomic mass is 10.0. The third-order valence-corrected chi connectivity index (χ3v) is 2.83. The Morgan fingerprint density at radius 3 is 2.50 bits per heavy atom. The fourth-order valence-corrected chi connectivity index (χ4v) is 2.28. The fourth-order valence-electron chi connectivity index (χ4n) is 1.96. The van der Waals surface area contributed by atoms with Crippen LogP contribution in [0.5, 0.6) is 5.75 Å². The van der Waals surface area contributed by atoms with E-state index in [1.54, 1.807) is 0 Å². The number of aryl methyl sites for hydroxylation is 1. The normalized spacial score (nSPS) is 11.8. The molecule has 0 aliphatic heterocycles. The summed E-state index contributed by atoms with van der Waals surface area (Å²) in [6, 6.07) is 4.29. The fraction of sp³-hybridized carbons (Fsp3) is 0.571. The van der Waals surface area contributed by atoms with E-state index in [-0.39, 0.29) is 18.4 Å². The van der Waals surface area contributed by atoms with E-state index in [2.05, 4.69) is 13.0 Å². The predicted octanol–water partition coefficient (Wildman–Crippen LogP) is 4.00. The topological polar surface area (TPSA) is 35.2 Å². The van der Waals surface area contributed by atoms with Gasteiger partial charge in [0, 0.05) is 6.04 Å². The van der Waals surface area contributed by atoms with E-state index in [4.69, 9.17) is 22.1 Å². The Labute approximate surface area is 121 Å². The number of nitrogens with two attached hydrogens (primary N) is 1. The van der Waals surface area contributed by atoms with Crippen molar-refractivity contribution in [3.05, 3.63) is 28.3 Å². The van der Waals surface area contributed by atoms with Crippen LogP contribution < -0.4 is 10.5 Å². The quantitative estimate of drug-likeness (QED) is 0.860. The van der Waals surface area contributed by atoms with Crippen LogP contribution in [0.25, 0.3) is 0 Å². The molecule has 1 unspecified atom stereocenters. The van der Waals surface area contributed by atoms with Crippen molar-refractivity contribution in [1.82, 2.24) is 0 Å². The maximum atomic E-state index is 6.27. The molecule has 0 radical (unpaired) electrons. The van der Waals surface area contributed by atoms with Gasteiger partial charge in [-0.05, 0) is 43.9 Å². The van der Waals surface area contributed by atoms with Crippen molar-refractivity contribution in [3.8, 4) is 5.75 Å². The zero-order chi connectivity index (χ0) is 12.8. The van der Waals surface area contributed by atoms with Gasteiger partial charge >= 0.3 is 0 Å². The second-order valence-corrected chi connectivity index (χ2v) is 4.84. The lowest BCUT2D eigenvalue weighted by Gasteiger charge is -2.14. The van der Waals surface area contributed by atoms with Crippen LogP contribution in [0, 0.1) is 0 Å². The summed E-state index contributed by atoms with van der Waals surface area (Å²) in [5.41, 5.74) is 8.20. The Morgan fingerprint density at radius 1 is 1.33 bits per heavy atom. The molecule has 0 fully saturated rings. The van der Waals surface area contributed by atoms with E-state index in [9.17, 15) is 0 Å². The van der Waals surface area contributed by atoms with E-state index in [0.29, 0.717) is 11.6 Å². The molecule has 0 spiro atoms. The summed E-state index contributed by atoms with van der Waals surface area (Å²) in [5, 5.41) is 0.702. The van der Waals surface area contributed by atoms with Gasteiger partial charge in [0.15, 0.2) is 0 Å². The molecule has 2 nitrogen and oxygen atoms in total. The molecule has 1 atom stereocenters. The highest BCUT2D eigenvalue weighted by Crippen LogP contribution is 2.31. The van der Waals surface area contributed by atoms with Gasteiger partial charge < -0.3 is 10.5 Å². The first-order valence-electron chi connectivity index (χ1n) is 6.28. The van der Waals surface area contributed by atoms with Gasteiger partial charge in [0.25, 0.3) is 0 Å². The molecule has 0 saturated heterocycles. The number of hydrogen-bond acceptors (Lipinski definition) is 2. The largest absolute Gasteiger partial charge is 0.492 e. The Morgan fingerprint density at radius 2 is 2.00 bits per heavy atom. The molecule has 0 aromatic heterocycles. The number of rotatable bonds is 6. The van der Waals surface area contributed by atoms with Crippen molar-refractivity contribution < 1.29 is 4.74 Å². The Bertz CT molecular complexity index is 367. The molecule has 1 rings (SSSR count). The van der Waals surface area contributed by atoms with E-state index in [0.717, 1.165) is 25.0 Å². The average Bonchev–Trinajstić information content (AvgIpc) is 2.22. The highest BCUT2D eigenvalue weighted by Gasteiger charge is 2.11. The summed E-state index contributed by atoms with van der Waals surface area (Å²) in [5.74, 6) is 0.837. The highest BCUT2D eigenvalue weighted by molar-refractivity contribution is 6.32. The Hall–Kier alpha value is -0.440. The number of hydrogen-bond donors (Lipinski definition) is 1. The van der Waals surface area contributed by atoms with E-state index >= 15 is 0 Å². The molecule has 0 aliphatic rings. The van der Waals surface area contributed by atoms with Gasteiger partial charge in [-0.2, -0.15) is 0 Å². The minimum absolute atomic E-state index is 0. The number of benzene rings is 1. The van der Waals surface area contributed by atoms with Gasteiger partial charge in [0.05, 0.1) is 11.6 Å². The number of halogens is 2. The van der Waals surface area contributed by atoms with Gasteiger partial charge in [-0.1, -0.05) is 31.0 Å². The van der Waals surface area contributed by atoms with Crippen LogP contribution in [0.2, 0.25) is 5.02 Å². The van der Waals surface area contributed by atoms with E-state index < -0.39 is 0 Å². The summed E-state index contributed by atoms with van der Waals surface area (Å²) < 4.78 is 5.62. The maximum absolute atomic E-state index is 6.27. The minimum atomic E-state index is 0. The van der Waals surface area contributed by atoms with Crippen LogP contribution in [0.4, 0.5) is 0 Å². The molecular weight excluding hydrogens is 269 g/mol. The third kappa shape index (κ3) is 5.05. The van der Waals surface area contributed by atoms with E-state index in [1.165, 1.54) is 11.1 Å². The van der Waals surface area contributed by atoms with Crippen molar-refractivity contribution in [2.45, 2.75) is 46.1 Å². The molecule has 0 amide bonds. The molecule has 0 bridgehead atoms. The summed E-state index contributed by atoms with van der Waals surface area (Å²) in [6.07, 6.45) is 2.92. The standard InChI is InChI=1S/C14H22ClNO.ClH/c1-4-6-12-8-11(7-10(3)16)9-13(15)14(12)17-5-2;/h8-10H,4-7,16H2,1-3H3;1H. The summed E-state index contributed by atoms with van der Waals surface area (Å²) in [7, 11) is 0. The molecule has 18 heavy (non-hydrogen) atoms. The van der Waals surface area contributed by atoms with Crippen LogP contribution in [0.3, 0.4) is 0 Å². The molecule has 2 N–H and O–H groups in total.